The molecule has 0 aromatic heterocycles. The Kier molecular flexibility index (Phi) is 6.94. The first-order valence-electron chi connectivity index (χ1n) is 10.9. The van der Waals surface area contributed by atoms with Gasteiger partial charge in [-0.1, -0.05) is 30.3 Å². The zero-order valence-corrected chi connectivity index (χ0v) is 19.1. The summed E-state index contributed by atoms with van der Waals surface area (Å²) in [5, 5.41) is 0. The minimum absolute atomic E-state index is 0.0536. The summed E-state index contributed by atoms with van der Waals surface area (Å²) in [6, 6.07) is 11.0. The molecule has 0 radical (unpaired) electrons. The van der Waals surface area contributed by atoms with Gasteiger partial charge in [-0.15, -0.1) is 0 Å². The molecule has 2 aromatic rings. The Morgan fingerprint density at radius 3 is 2.29 bits per heavy atom. The van der Waals surface area contributed by atoms with Crippen LogP contribution in [-0.4, -0.2) is 73.6 Å². The molecule has 0 aliphatic carbocycles. The Bertz CT molecular complexity index is 1190. The SMILES string of the molecule is O=C1CC(C(=O)N2CCN(S(=O)(=O)c3ccc(F)c(F)c3F)CC2)CN1CCc1ccccc1. The smallest absolute Gasteiger partial charge is 0.246 e. The molecule has 0 saturated carbocycles. The summed E-state index contributed by atoms with van der Waals surface area (Å²) >= 11 is 0. The van der Waals surface area contributed by atoms with Crippen molar-refractivity contribution in [2.75, 3.05) is 39.3 Å². The van der Waals surface area contributed by atoms with E-state index in [1.807, 2.05) is 30.3 Å². The van der Waals surface area contributed by atoms with E-state index >= 15 is 0 Å². The average molecular weight is 496 g/mol. The number of benzene rings is 2. The predicted molar refractivity (Wildman–Crippen MR) is 116 cm³/mol. The van der Waals surface area contributed by atoms with E-state index in [-0.39, 0.29) is 44.4 Å². The molecule has 182 valence electrons. The van der Waals surface area contributed by atoms with Crippen LogP contribution in [0.5, 0.6) is 0 Å². The molecule has 1 atom stereocenters. The number of piperazine rings is 1. The van der Waals surface area contributed by atoms with Crippen molar-refractivity contribution >= 4 is 21.8 Å². The van der Waals surface area contributed by atoms with Crippen LogP contribution in [0.25, 0.3) is 0 Å². The summed E-state index contributed by atoms with van der Waals surface area (Å²) < 4.78 is 67.1. The molecular weight excluding hydrogens is 471 g/mol. The van der Waals surface area contributed by atoms with Gasteiger partial charge in [-0.2, -0.15) is 4.31 Å². The zero-order valence-electron chi connectivity index (χ0n) is 18.3. The predicted octanol–water partition coefficient (Wildman–Crippen LogP) is 2.03. The molecule has 0 spiro atoms. The van der Waals surface area contributed by atoms with E-state index in [9.17, 15) is 31.2 Å². The lowest BCUT2D eigenvalue weighted by Gasteiger charge is -2.35. The molecule has 2 saturated heterocycles. The highest BCUT2D eigenvalue weighted by Crippen LogP contribution is 2.25. The van der Waals surface area contributed by atoms with Crippen molar-refractivity contribution in [1.29, 1.82) is 0 Å². The maximum Gasteiger partial charge on any atom is 0.246 e. The van der Waals surface area contributed by atoms with Crippen molar-refractivity contribution < 1.29 is 31.2 Å². The van der Waals surface area contributed by atoms with Crippen LogP contribution in [0.4, 0.5) is 13.2 Å². The standard InChI is InChI=1S/C23H24F3N3O4S/c24-18-6-7-19(22(26)21(18)25)34(32,33)29-12-10-27(11-13-29)23(31)17-14-20(30)28(15-17)9-8-16-4-2-1-3-5-16/h1-7,17H,8-15H2. The number of carbonyl (C=O) groups is 2. The summed E-state index contributed by atoms with van der Waals surface area (Å²) in [5.74, 6) is -5.92. The normalized spacial score (nSPS) is 19.6. The van der Waals surface area contributed by atoms with Gasteiger partial charge < -0.3 is 9.80 Å². The zero-order chi connectivity index (χ0) is 24.5. The van der Waals surface area contributed by atoms with Crippen LogP contribution in [0.15, 0.2) is 47.4 Å². The van der Waals surface area contributed by atoms with Crippen molar-refractivity contribution in [1.82, 2.24) is 14.1 Å². The van der Waals surface area contributed by atoms with Crippen molar-refractivity contribution in [3.8, 4) is 0 Å². The molecule has 2 aliphatic rings. The number of amides is 2. The molecular formula is C23H24F3N3O4S. The maximum atomic E-state index is 14.0. The van der Waals surface area contributed by atoms with Gasteiger partial charge in [0.1, 0.15) is 4.90 Å². The van der Waals surface area contributed by atoms with Crippen molar-refractivity contribution in [2.45, 2.75) is 17.7 Å². The fourth-order valence-corrected chi connectivity index (χ4v) is 5.79. The van der Waals surface area contributed by atoms with Gasteiger partial charge in [0.05, 0.1) is 5.92 Å². The molecule has 0 bridgehead atoms. The molecule has 2 amide bonds. The van der Waals surface area contributed by atoms with E-state index in [4.69, 9.17) is 0 Å². The molecule has 2 aliphatic heterocycles. The van der Waals surface area contributed by atoms with Crippen LogP contribution >= 0.6 is 0 Å². The summed E-state index contributed by atoms with van der Waals surface area (Å²) in [4.78, 5) is 27.6. The van der Waals surface area contributed by atoms with Gasteiger partial charge in [-0.25, -0.2) is 21.6 Å². The lowest BCUT2D eigenvalue weighted by Crippen LogP contribution is -2.52. The first-order valence-corrected chi connectivity index (χ1v) is 12.4. The van der Waals surface area contributed by atoms with Gasteiger partial charge >= 0.3 is 0 Å². The van der Waals surface area contributed by atoms with Gasteiger partial charge in [0, 0.05) is 45.7 Å². The van der Waals surface area contributed by atoms with E-state index < -0.39 is 38.3 Å². The Labute approximate surface area is 195 Å². The topological polar surface area (TPSA) is 78.0 Å². The van der Waals surface area contributed by atoms with E-state index in [0.717, 1.165) is 9.87 Å². The summed E-state index contributed by atoms with van der Waals surface area (Å²) in [6.07, 6.45) is 0.788. The molecule has 34 heavy (non-hydrogen) atoms. The molecule has 2 heterocycles. The third-order valence-corrected chi connectivity index (χ3v) is 8.16. The first kappa shape index (κ1) is 24.2. The third-order valence-electron chi connectivity index (χ3n) is 6.24. The molecule has 2 aromatic carbocycles. The Hall–Kier alpha value is -2.92. The summed E-state index contributed by atoms with van der Waals surface area (Å²) in [5.41, 5.74) is 1.10. The molecule has 11 heteroatoms. The van der Waals surface area contributed by atoms with Crippen molar-refractivity contribution in [3.63, 3.8) is 0 Å². The second-order valence-electron chi connectivity index (χ2n) is 8.38. The average Bonchev–Trinajstić information content (AvgIpc) is 3.21. The largest absolute Gasteiger partial charge is 0.342 e. The highest BCUT2D eigenvalue weighted by atomic mass is 32.2. The molecule has 2 fully saturated rings. The Morgan fingerprint density at radius 2 is 1.62 bits per heavy atom. The summed E-state index contributed by atoms with van der Waals surface area (Å²) in [7, 11) is -4.40. The van der Waals surface area contributed by atoms with Crippen LogP contribution in [0.2, 0.25) is 0 Å². The number of halogens is 3. The Balaban J connectivity index is 1.34. The number of hydrogen-bond acceptors (Lipinski definition) is 4. The van der Waals surface area contributed by atoms with Gasteiger partial charge in [0.25, 0.3) is 0 Å². The van der Waals surface area contributed by atoms with Gasteiger partial charge in [-0.05, 0) is 24.1 Å². The fourth-order valence-electron chi connectivity index (χ4n) is 4.32. The second kappa shape index (κ2) is 9.75. The number of nitrogens with zero attached hydrogens (tertiary/aromatic N) is 3. The third kappa shape index (κ3) is 4.80. The van der Waals surface area contributed by atoms with E-state index in [1.165, 1.54) is 4.90 Å². The lowest BCUT2D eigenvalue weighted by molar-refractivity contribution is -0.137. The highest BCUT2D eigenvalue weighted by molar-refractivity contribution is 7.89. The first-order chi connectivity index (χ1) is 16.2. The maximum absolute atomic E-state index is 14.0. The number of carbonyl (C=O) groups excluding carboxylic acids is 2. The monoisotopic (exact) mass is 495 g/mol. The summed E-state index contributed by atoms with van der Waals surface area (Å²) in [6.45, 7) is 0.688. The molecule has 4 rings (SSSR count). The van der Waals surface area contributed by atoms with Crippen molar-refractivity contribution in [2.24, 2.45) is 5.92 Å². The lowest BCUT2D eigenvalue weighted by atomic mass is 10.1. The molecule has 1 unspecified atom stereocenters. The van der Waals surface area contributed by atoms with Crippen LogP contribution in [-0.2, 0) is 26.0 Å². The van der Waals surface area contributed by atoms with E-state index in [2.05, 4.69) is 0 Å². The number of hydrogen-bond donors (Lipinski definition) is 0. The quantitative estimate of drug-likeness (QED) is 0.575. The van der Waals surface area contributed by atoms with E-state index in [0.29, 0.717) is 31.6 Å². The van der Waals surface area contributed by atoms with Gasteiger partial charge in [0.2, 0.25) is 21.8 Å². The van der Waals surface area contributed by atoms with Crippen LogP contribution in [0, 0.1) is 23.4 Å². The fraction of sp³-hybridized carbons (Fsp3) is 0.391. The van der Waals surface area contributed by atoms with Crippen LogP contribution in [0.3, 0.4) is 0 Å². The molecule has 7 nitrogen and oxygen atoms in total. The number of sulfonamides is 1. The van der Waals surface area contributed by atoms with E-state index in [1.54, 1.807) is 4.90 Å². The number of likely N-dealkylation sites (tertiary alicyclic amines) is 1. The van der Waals surface area contributed by atoms with Crippen molar-refractivity contribution in [3.05, 3.63) is 65.5 Å². The minimum atomic E-state index is -4.40. The van der Waals surface area contributed by atoms with Gasteiger partial charge in [0.15, 0.2) is 17.5 Å². The van der Waals surface area contributed by atoms with Gasteiger partial charge in [-0.3, -0.25) is 9.59 Å². The Morgan fingerprint density at radius 1 is 0.941 bits per heavy atom. The highest BCUT2D eigenvalue weighted by Gasteiger charge is 2.39. The van der Waals surface area contributed by atoms with Crippen LogP contribution in [0.1, 0.15) is 12.0 Å². The number of rotatable bonds is 6. The molecule has 0 N–H and O–H groups in total. The minimum Gasteiger partial charge on any atom is -0.342 e. The van der Waals surface area contributed by atoms with Crippen LogP contribution < -0.4 is 0 Å². The second-order valence-corrected chi connectivity index (χ2v) is 10.3.